The molecule has 0 fully saturated rings. The van der Waals surface area contributed by atoms with E-state index in [4.69, 9.17) is 15.2 Å². The highest BCUT2D eigenvalue weighted by Gasteiger charge is 2.24. The Morgan fingerprint density at radius 3 is 2.29 bits per heavy atom. The summed E-state index contributed by atoms with van der Waals surface area (Å²) in [5, 5.41) is 2.68. The molecule has 1 aromatic carbocycles. The highest BCUT2D eigenvalue weighted by Crippen LogP contribution is 2.27. The molecule has 3 unspecified atom stereocenters. The van der Waals surface area contributed by atoms with Crippen molar-refractivity contribution in [3.63, 3.8) is 0 Å². The molecule has 0 aliphatic rings. The van der Waals surface area contributed by atoms with E-state index in [0.29, 0.717) is 17.9 Å². The minimum absolute atomic E-state index is 0.114. The molecule has 3 atom stereocenters. The largest absolute Gasteiger partial charge is 0.425 e. The second-order valence-corrected chi connectivity index (χ2v) is 11.6. The zero-order valence-corrected chi connectivity index (χ0v) is 22.9. The number of carbonyl (C=O) groups excluding carboxylic acids is 3. The summed E-state index contributed by atoms with van der Waals surface area (Å²) in [5.74, 6) is 0.393. The zero-order valence-electron chi connectivity index (χ0n) is 20.4. The monoisotopic (exact) mass is 529 g/mol. The summed E-state index contributed by atoms with van der Waals surface area (Å²) < 4.78 is 10.4. The van der Waals surface area contributed by atoms with Crippen LogP contribution in [0.25, 0.3) is 0 Å². The molecule has 2 N–H and O–H groups in total. The lowest BCUT2D eigenvalue weighted by Crippen LogP contribution is -2.39. The van der Waals surface area contributed by atoms with Gasteiger partial charge in [0.1, 0.15) is 6.54 Å². The number of amides is 1. The summed E-state index contributed by atoms with van der Waals surface area (Å²) in [7, 11) is 3.20. The van der Waals surface area contributed by atoms with E-state index in [0.717, 1.165) is 17.7 Å². The van der Waals surface area contributed by atoms with Crippen molar-refractivity contribution in [1.29, 1.82) is 0 Å². The molecule has 0 bridgehead atoms. The predicted octanol–water partition coefficient (Wildman–Crippen LogP) is 4.23. The Balaban J connectivity index is 2.61. The van der Waals surface area contributed by atoms with Gasteiger partial charge in [0.15, 0.2) is 0 Å². The molecule has 191 valence electrons. The van der Waals surface area contributed by atoms with Gasteiger partial charge in [-0.15, -0.1) is 0 Å². The summed E-state index contributed by atoms with van der Waals surface area (Å²) in [6.07, 6.45) is 2.66. The number of thioether (sulfide) groups is 1. The molecule has 1 radical (unpaired) electrons. The van der Waals surface area contributed by atoms with Crippen LogP contribution in [0.1, 0.15) is 39.2 Å². The van der Waals surface area contributed by atoms with Gasteiger partial charge in [0.2, 0.25) is 12.2 Å². The molecule has 1 amide bonds. The maximum Gasteiger partial charge on any atom is 0.328 e. The van der Waals surface area contributed by atoms with E-state index in [2.05, 4.69) is 5.32 Å². The molecule has 1 aromatic rings. The SMILES string of the molecule is CCC(=O)OC(OC(=O)CNC(=O)C(CSSCC([NH])CCSC)Cc1ccccc1)C(C)C. The van der Waals surface area contributed by atoms with Gasteiger partial charge in [-0.05, 0) is 30.4 Å². The van der Waals surface area contributed by atoms with Crippen LogP contribution in [0, 0.1) is 11.8 Å². The van der Waals surface area contributed by atoms with Crippen LogP contribution in [-0.4, -0.2) is 60.2 Å². The number of esters is 2. The molecular weight excluding hydrogens is 492 g/mol. The van der Waals surface area contributed by atoms with E-state index in [9.17, 15) is 14.4 Å². The van der Waals surface area contributed by atoms with Crippen molar-refractivity contribution in [3.05, 3.63) is 35.9 Å². The van der Waals surface area contributed by atoms with Crippen molar-refractivity contribution in [2.24, 2.45) is 11.8 Å². The smallest absolute Gasteiger partial charge is 0.328 e. The lowest BCUT2D eigenvalue weighted by molar-refractivity contribution is -0.195. The third-order valence-electron chi connectivity index (χ3n) is 4.72. The van der Waals surface area contributed by atoms with E-state index in [1.165, 1.54) is 0 Å². The molecule has 0 saturated heterocycles. The van der Waals surface area contributed by atoms with Gasteiger partial charge < -0.3 is 14.8 Å². The van der Waals surface area contributed by atoms with Crippen LogP contribution in [-0.2, 0) is 30.3 Å². The summed E-state index contributed by atoms with van der Waals surface area (Å²) >= 11 is 1.74. The van der Waals surface area contributed by atoms with Crippen molar-refractivity contribution < 1.29 is 23.9 Å². The Labute approximate surface area is 215 Å². The standard InChI is InChI=1S/C24H37N2O5S3/c1-5-21(27)30-24(17(2)3)31-22(28)14-26-23(29)19(13-18-9-7-6-8-10-18)15-33-34-16-20(25)11-12-32-4/h6-10,17,19-20,24-25H,5,11-16H2,1-4H3,(H,26,29). The van der Waals surface area contributed by atoms with Gasteiger partial charge in [0, 0.05) is 29.9 Å². The summed E-state index contributed by atoms with van der Waals surface area (Å²) in [6.45, 7) is 4.94. The minimum Gasteiger partial charge on any atom is -0.425 e. The lowest BCUT2D eigenvalue weighted by Gasteiger charge is -2.22. The van der Waals surface area contributed by atoms with Crippen LogP contribution >= 0.6 is 33.3 Å². The molecule has 0 aliphatic heterocycles. The van der Waals surface area contributed by atoms with E-state index in [-0.39, 0.29) is 36.8 Å². The third kappa shape index (κ3) is 13.5. The third-order valence-corrected chi connectivity index (χ3v) is 7.93. The van der Waals surface area contributed by atoms with Crippen LogP contribution < -0.4 is 11.1 Å². The van der Waals surface area contributed by atoms with Gasteiger partial charge in [-0.2, -0.15) is 11.8 Å². The Morgan fingerprint density at radius 1 is 1.03 bits per heavy atom. The molecule has 0 saturated carbocycles. The number of carbonyl (C=O) groups is 3. The second-order valence-electron chi connectivity index (χ2n) is 8.10. The van der Waals surface area contributed by atoms with Gasteiger partial charge in [0.05, 0.1) is 5.92 Å². The topological polar surface area (TPSA) is 105 Å². The van der Waals surface area contributed by atoms with Crippen LogP contribution in [0.5, 0.6) is 0 Å². The fraction of sp³-hybridized carbons (Fsp3) is 0.625. The van der Waals surface area contributed by atoms with E-state index >= 15 is 0 Å². The van der Waals surface area contributed by atoms with E-state index in [1.54, 1.807) is 54.1 Å². The number of benzene rings is 1. The predicted molar refractivity (Wildman–Crippen MR) is 143 cm³/mol. The molecule has 34 heavy (non-hydrogen) atoms. The average Bonchev–Trinajstić information content (AvgIpc) is 2.82. The first-order chi connectivity index (χ1) is 16.3. The first kappa shape index (κ1) is 30.7. The molecule has 1 rings (SSSR count). The van der Waals surface area contributed by atoms with Crippen molar-refractivity contribution in [2.45, 2.75) is 52.4 Å². The van der Waals surface area contributed by atoms with Crippen LogP contribution in [0.15, 0.2) is 30.3 Å². The number of nitrogens with one attached hydrogen (secondary N) is 2. The Bertz CT molecular complexity index is 737. The number of hydrogen-bond donors (Lipinski definition) is 1. The van der Waals surface area contributed by atoms with Gasteiger partial charge in [-0.25, -0.2) is 0 Å². The fourth-order valence-electron chi connectivity index (χ4n) is 2.71. The quantitative estimate of drug-likeness (QED) is 0.138. The molecule has 10 heteroatoms. The lowest BCUT2D eigenvalue weighted by atomic mass is 10.0. The summed E-state index contributed by atoms with van der Waals surface area (Å²) in [6, 6.07) is 9.64. The van der Waals surface area contributed by atoms with Gasteiger partial charge >= 0.3 is 11.9 Å². The Hall–Kier alpha value is -1.36. The first-order valence-corrected chi connectivity index (χ1v) is 15.3. The fourth-order valence-corrected chi connectivity index (χ4v) is 5.75. The summed E-state index contributed by atoms with van der Waals surface area (Å²) in [4.78, 5) is 36.7. The Kier molecular flexibility index (Phi) is 16.2. The first-order valence-electron chi connectivity index (χ1n) is 11.4. The van der Waals surface area contributed by atoms with Gasteiger partial charge in [-0.1, -0.05) is 72.7 Å². The number of hydrogen-bond acceptors (Lipinski definition) is 8. The number of rotatable bonds is 17. The van der Waals surface area contributed by atoms with Crippen LogP contribution in [0.2, 0.25) is 0 Å². The van der Waals surface area contributed by atoms with Crippen molar-refractivity contribution >= 4 is 51.2 Å². The molecule has 0 heterocycles. The van der Waals surface area contributed by atoms with Gasteiger partial charge in [-0.3, -0.25) is 20.1 Å². The Morgan fingerprint density at radius 2 is 1.68 bits per heavy atom. The molecule has 0 aromatic heterocycles. The normalized spacial score (nSPS) is 13.7. The highest BCUT2D eigenvalue weighted by atomic mass is 33.1. The zero-order chi connectivity index (χ0) is 25.3. The van der Waals surface area contributed by atoms with E-state index in [1.807, 2.05) is 36.6 Å². The second kappa shape index (κ2) is 18.0. The average molecular weight is 530 g/mol. The van der Waals surface area contributed by atoms with Crippen LogP contribution in [0.3, 0.4) is 0 Å². The maximum absolute atomic E-state index is 12.9. The number of ether oxygens (including phenoxy) is 2. The maximum atomic E-state index is 12.9. The molecular formula is C24H37N2O5S3. The van der Waals surface area contributed by atoms with Gasteiger partial charge in [0.25, 0.3) is 0 Å². The molecule has 0 aliphatic carbocycles. The molecule has 7 nitrogen and oxygen atoms in total. The van der Waals surface area contributed by atoms with Crippen LogP contribution in [0.4, 0.5) is 0 Å². The summed E-state index contributed by atoms with van der Waals surface area (Å²) in [5.41, 5.74) is 9.11. The van der Waals surface area contributed by atoms with Crippen molar-refractivity contribution in [3.8, 4) is 0 Å². The van der Waals surface area contributed by atoms with E-state index < -0.39 is 18.2 Å². The minimum atomic E-state index is -0.979. The highest BCUT2D eigenvalue weighted by molar-refractivity contribution is 8.76. The van der Waals surface area contributed by atoms with Crippen molar-refractivity contribution in [1.82, 2.24) is 11.1 Å². The van der Waals surface area contributed by atoms with Crippen molar-refractivity contribution in [2.75, 3.05) is 30.1 Å². The molecule has 0 spiro atoms.